The molecule has 1 unspecified atom stereocenters. The molecule has 12 nitrogen and oxygen atoms in total. The van der Waals surface area contributed by atoms with Crippen molar-refractivity contribution in [3.63, 3.8) is 0 Å². The number of carbonyl (C=O) groups is 4. The lowest BCUT2D eigenvalue weighted by atomic mass is 9.65. The van der Waals surface area contributed by atoms with Crippen LogP contribution in [-0.4, -0.2) is 89.9 Å². The van der Waals surface area contributed by atoms with Gasteiger partial charge in [0.2, 0.25) is 7.59 Å². The summed E-state index contributed by atoms with van der Waals surface area (Å²) in [5.74, 6) is -3.59. The third kappa shape index (κ3) is 22.4. The summed E-state index contributed by atoms with van der Waals surface area (Å²) in [5.41, 5.74) is 0.785. The molecule has 1 aromatic rings. The van der Waals surface area contributed by atoms with Crippen molar-refractivity contribution in [2.75, 3.05) is 13.2 Å². The quantitative estimate of drug-likeness (QED) is 0.0337. The number of aliphatic carboxylic acids is 1. The second-order valence-electron chi connectivity index (χ2n) is 20.1. The molecule has 1 heterocycles. The number of carboxylic acid groups (broad SMARTS) is 1. The summed E-state index contributed by atoms with van der Waals surface area (Å²) in [5, 5.41) is 13.2. The Balaban J connectivity index is 3.49. The second kappa shape index (κ2) is 29.8. The van der Waals surface area contributed by atoms with Crippen LogP contribution in [0.3, 0.4) is 0 Å². The average molecular weight is 1160 g/mol. The van der Waals surface area contributed by atoms with Crippen molar-refractivity contribution in [2.45, 2.75) is 198 Å². The minimum Gasteiger partial charge on any atom is -0.481 e. The second-order valence-corrected chi connectivity index (χ2v) is 35.5. The van der Waals surface area contributed by atoms with Crippen LogP contribution in [0.25, 0.3) is 6.08 Å². The first-order chi connectivity index (χ1) is 32.2. The lowest BCUT2D eigenvalue weighted by Gasteiger charge is -2.47. The molecule has 0 aliphatic heterocycles. The van der Waals surface area contributed by atoms with Gasteiger partial charge in [0, 0.05) is 10.8 Å². The lowest BCUT2D eigenvalue weighted by molar-refractivity contribution is -0.160. The number of ketones is 1. The molecule has 21 heteroatoms. The maximum Gasteiger partial charge on any atom is 0.508 e. The van der Waals surface area contributed by atoms with Crippen molar-refractivity contribution in [1.82, 2.24) is 4.98 Å². The van der Waals surface area contributed by atoms with Gasteiger partial charge in [-0.05, 0) is 98.8 Å². The highest BCUT2D eigenvalue weighted by molar-refractivity contribution is 7.09. The summed E-state index contributed by atoms with van der Waals surface area (Å²) in [6.07, 6.45) is 2.61. The SMILES string of the molecule is CC[Si](CC)(CC)O[C@@H](CC=C(C)CCC[C@H](C)[C@H](OC(=O)OCC(Cl)(Cl)Cl)[C@@H](C)C(=O)C(C)(C)[C@@H](O[Si](CC)(CC)CC)C(C(=O)O)C(C)(C)C)C(C)=Cc1csc(COC(=O)OCC(Cl)(Cl)Cl)n1. The molecule has 0 saturated heterocycles. The normalized spacial score (nSPS) is 16.2. The number of halogens is 6. The van der Waals surface area contributed by atoms with Gasteiger partial charge in [0.15, 0.2) is 16.6 Å². The van der Waals surface area contributed by atoms with Crippen LogP contribution >= 0.6 is 80.9 Å². The van der Waals surface area contributed by atoms with Gasteiger partial charge in [0.1, 0.15) is 36.7 Å². The maximum atomic E-state index is 15.0. The first-order valence-electron chi connectivity index (χ1n) is 24.4. The van der Waals surface area contributed by atoms with Crippen molar-refractivity contribution in [2.24, 2.45) is 28.6 Å². The van der Waals surface area contributed by atoms with Crippen molar-refractivity contribution in [3.05, 3.63) is 33.3 Å². The molecule has 1 N–H and O–H groups in total. The van der Waals surface area contributed by atoms with Gasteiger partial charge >= 0.3 is 18.3 Å². The summed E-state index contributed by atoms with van der Waals surface area (Å²) in [7, 11) is -4.52. The first-order valence-corrected chi connectivity index (χ1v) is 32.6. The van der Waals surface area contributed by atoms with Crippen LogP contribution in [0.4, 0.5) is 9.59 Å². The zero-order valence-electron chi connectivity index (χ0n) is 44.0. The summed E-state index contributed by atoms with van der Waals surface area (Å²) < 4.78 is 31.6. The van der Waals surface area contributed by atoms with E-state index in [0.717, 1.165) is 53.8 Å². The van der Waals surface area contributed by atoms with E-state index < -0.39 is 90.6 Å². The number of aromatic nitrogens is 1. The highest BCUT2D eigenvalue weighted by atomic mass is 35.6. The van der Waals surface area contributed by atoms with Crippen LogP contribution in [0.2, 0.25) is 36.3 Å². The van der Waals surface area contributed by atoms with E-state index in [1.807, 2.05) is 46.1 Å². The summed E-state index contributed by atoms with van der Waals surface area (Å²) >= 11 is 36.0. The number of alkyl halides is 6. The number of ether oxygens (including phenoxy) is 4. The summed E-state index contributed by atoms with van der Waals surface area (Å²) in [6, 6.07) is 5.20. The number of rotatable bonds is 30. The molecule has 1 aromatic heterocycles. The largest absolute Gasteiger partial charge is 0.508 e. The molecule has 1 rings (SSSR count). The van der Waals surface area contributed by atoms with Gasteiger partial charge in [0.05, 0.1) is 29.7 Å². The molecular formula is C49H81Cl6NO11SSi2. The van der Waals surface area contributed by atoms with Crippen molar-refractivity contribution >= 4 is 128 Å². The Morgan fingerprint density at radius 3 is 1.74 bits per heavy atom. The first kappa shape index (κ1) is 66.9. The summed E-state index contributed by atoms with van der Waals surface area (Å²) in [6.45, 7) is 28.5. The van der Waals surface area contributed by atoms with E-state index in [1.165, 1.54) is 11.3 Å². The third-order valence-electron chi connectivity index (χ3n) is 13.6. The van der Waals surface area contributed by atoms with Gasteiger partial charge in [-0.2, -0.15) is 0 Å². The molecule has 70 heavy (non-hydrogen) atoms. The molecule has 0 bridgehead atoms. The standard InChI is InChI=1S/C49H81Cl6NO11SSi2/c1-16-69(17-2,18-3)66-37(34(9)27-36-29-68-38(56-36)28-62-44(60)63-30-48(50,51)52)26-25-32(7)23-22-24-33(8)40(65-45(61)64-31-49(53,54)55)35(10)41(57)47(14,15)42(39(43(58)59)46(11,12)13)67-70(19-4,20-5)21-6/h25,27,29,33,35,37,39-40,42H,16-24,26,28,30-31H2,1-15H3,(H,58,59)/t33-,35+,37-,39?,40-,42-/m0/s1. The van der Waals surface area contributed by atoms with Gasteiger partial charge in [0.25, 0.3) is 0 Å². The van der Waals surface area contributed by atoms with Crippen molar-refractivity contribution in [1.29, 1.82) is 0 Å². The number of hydrogen-bond acceptors (Lipinski definition) is 12. The van der Waals surface area contributed by atoms with Gasteiger partial charge in [-0.3, -0.25) is 9.59 Å². The number of thiazole rings is 1. The Bertz CT molecular complexity index is 1860. The fraction of sp³-hybridized carbons (Fsp3) is 0.776. The van der Waals surface area contributed by atoms with Crippen LogP contribution in [0.15, 0.2) is 22.6 Å². The van der Waals surface area contributed by atoms with Gasteiger partial charge < -0.3 is 32.9 Å². The molecule has 6 atom stereocenters. The predicted molar refractivity (Wildman–Crippen MR) is 293 cm³/mol. The minimum atomic E-state index is -2.46. The number of allylic oxidation sites excluding steroid dienone is 1. The molecule has 0 spiro atoms. The molecule has 0 aromatic carbocycles. The van der Waals surface area contributed by atoms with E-state index in [0.29, 0.717) is 30.0 Å². The van der Waals surface area contributed by atoms with E-state index in [9.17, 15) is 19.5 Å². The van der Waals surface area contributed by atoms with Crippen LogP contribution in [0.1, 0.15) is 140 Å². The molecule has 0 amide bonds. The molecule has 0 fully saturated rings. The number of Topliss-reactive ketones (excluding diaryl/α,β-unsaturated/α-hetero) is 1. The van der Waals surface area contributed by atoms with E-state index in [4.69, 9.17) is 97.4 Å². The van der Waals surface area contributed by atoms with E-state index in [2.05, 4.69) is 59.5 Å². The highest BCUT2D eigenvalue weighted by Gasteiger charge is 2.54. The lowest BCUT2D eigenvalue weighted by Crippen LogP contribution is -2.57. The topological polar surface area (TPSA) is 157 Å². The third-order valence-corrected chi connectivity index (χ3v) is 24.3. The van der Waals surface area contributed by atoms with Crippen molar-refractivity contribution in [3.8, 4) is 0 Å². The molecule has 404 valence electrons. The van der Waals surface area contributed by atoms with Crippen LogP contribution in [0.5, 0.6) is 0 Å². The van der Waals surface area contributed by atoms with E-state index in [1.54, 1.807) is 20.8 Å². The van der Waals surface area contributed by atoms with E-state index >= 15 is 4.79 Å². The monoisotopic (exact) mass is 1160 g/mol. The number of hydrogen-bond donors (Lipinski definition) is 1. The molecule has 0 radical (unpaired) electrons. The predicted octanol–water partition coefficient (Wildman–Crippen LogP) is 16.4. The molecule has 0 aliphatic carbocycles. The Kier molecular flexibility index (Phi) is 28.5. The molecule has 0 aliphatic rings. The highest BCUT2D eigenvalue weighted by Crippen LogP contribution is 2.45. The number of nitrogens with zero attached hydrogens (tertiary/aromatic N) is 1. The Hall–Kier alpha value is -1.12. The minimum absolute atomic E-state index is 0.103. The Labute approximate surface area is 455 Å². The van der Waals surface area contributed by atoms with E-state index in [-0.39, 0.29) is 24.4 Å². The molecule has 0 saturated carbocycles. The summed E-state index contributed by atoms with van der Waals surface area (Å²) in [4.78, 5) is 58.0. The van der Waals surface area contributed by atoms with Gasteiger partial charge in [-0.1, -0.05) is 171 Å². The van der Waals surface area contributed by atoms with Crippen LogP contribution < -0.4 is 0 Å². The maximum absolute atomic E-state index is 15.0. The zero-order chi connectivity index (χ0) is 54.1. The average Bonchev–Trinajstić information content (AvgIpc) is 3.73. The zero-order valence-corrected chi connectivity index (χ0v) is 51.4. The number of carbonyl (C=O) groups excluding carboxylic acids is 3. The Morgan fingerprint density at radius 1 is 0.771 bits per heavy atom. The van der Waals surface area contributed by atoms with Crippen LogP contribution in [0, 0.1) is 28.6 Å². The fourth-order valence-corrected chi connectivity index (χ4v) is 15.6. The van der Waals surface area contributed by atoms with Crippen LogP contribution in [-0.2, 0) is 44.0 Å². The van der Waals surface area contributed by atoms with Gasteiger partial charge in [-0.25, -0.2) is 14.6 Å². The van der Waals surface area contributed by atoms with Crippen molar-refractivity contribution < 1.29 is 52.1 Å². The van der Waals surface area contributed by atoms with Gasteiger partial charge in [-0.15, -0.1) is 11.3 Å². The fourth-order valence-electron chi connectivity index (χ4n) is 8.72. The number of carboxylic acids is 1. The smallest absolute Gasteiger partial charge is 0.481 e. The Morgan fingerprint density at radius 2 is 1.27 bits per heavy atom. The molecular weight excluding hydrogens is 1080 g/mol.